The smallest absolute Gasteiger partial charge is 0.228 e. The van der Waals surface area contributed by atoms with Gasteiger partial charge in [-0.15, -0.1) is 0 Å². The Labute approximate surface area is 132 Å². The van der Waals surface area contributed by atoms with Crippen LogP contribution >= 0.6 is 0 Å². The SMILES string of the molecule is CC[C@H](C(=O)N[C@@H]1CCCc2ccccc21)c1ccccc1. The molecule has 2 nitrogen and oxygen atoms in total. The van der Waals surface area contributed by atoms with E-state index in [0.717, 1.165) is 31.2 Å². The van der Waals surface area contributed by atoms with Crippen LogP contribution in [0.15, 0.2) is 54.6 Å². The summed E-state index contributed by atoms with van der Waals surface area (Å²) >= 11 is 0. The summed E-state index contributed by atoms with van der Waals surface area (Å²) in [5, 5.41) is 3.29. The van der Waals surface area contributed by atoms with Gasteiger partial charge in [-0.25, -0.2) is 0 Å². The van der Waals surface area contributed by atoms with E-state index in [9.17, 15) is 4.79 Å². The van der Waals surface area contributed by atoms with Crippen LogP contribution in [0.2, 0.25) is 0 Å². The number of fused-ring (bicyclic) bond motifs is 1. The number of carbonyl (C=O) groups excluding carboxylic acids is 1. The minimum Gasteiger partial charge on any atom is -0.349 e. The van der Waals surface area contributed by atoms with E-state index in [1.807, 2.05) is 30.3 Å². The first kappa shape index (κ1) is 14.8. The zero-order chi connectivity index (χ0) is 15.4. The van der Waals surface area contributed by atoms with E-state index in [-0.39, 0.29) is 17.9 Å². The van der Waals surface area contributed by atoms with Crippen molar-refractivity contribution in [2.75, 3.05) is 0 Å². The average molecular weight is 293 g/mol. The van der Waals surface area contributed by atoms with Crippen LogP contribution in [0.1, 0.15) is 54.8 Å². The molecule has 1 N–H and O–H groups in total. The lowest BCUT2D eigenvalue weighted by Crippen LogP contribution is -2.34. The Hall–Kier alpha value is -2.09. The van der Waals surface area contributed by atoms with Gasteiger partial charge in [-0.05, 0) is 42.4 Å². The second-order valence-corrected chi connectivity index (χ2v) is 6.02. The number of benzene rings is 2. The Morgan fingerprint density at radius 3 is 2.64 bits per heavy atom. The third-order valence-corrected chi connectivity index (χ3v) is 4.61. The molecule has 0 aliphatic heterocycles. The fourth-order valence-electron chi connectivity index (χ4n) is 3.43. The van der Waals surface area contributed by atoms with Crippen LogP contribution in [-0.4, -0.2) is 5.91 Å². The Morgan fingerprint density at radius 2 is 1.86 bits per heavy atom. The Bertz CT molecular complexity index is 635. The minimum absolute atomic E-state index is 0.0599. The number of rotatable bonds is 4. The molecule has 1 aliphatic rings. The van der Waals surface area contributed by atoms with Gasteiger partial charge in [-0.3, -0.25) is 4.79 Å². The highest BCUT2D eigenvalue weighted by atomic mass is 16.1. The quantitative estimate of drug-likeness (QED) is 0.891. The molecule has 22 heavy (non-hydrogen) atoms. The lowest BCUT2D eigenvalue weighted by Gasteiger charge is -2.28. The summed E-state index contributed by atoms with van der Waals surface area (Å²) < 4.78 is 0. The van der Waals surface area contributed by atoms with Gasteiger partial charge < -0.3 is 5.32 Å². The maximum Gasteiger partial charge on any atom is 0.228 e. The van der Waals surface area contributed by atoms with Crippen molar-refractivity contribution >= 4 is 5.91 Å². The maximum atomic E-state index is 12.7. The van der Waals surface area contributed by atoms with Crippen LogP contribution in [0, 0.1) is 0 Å². The Kier molecular flexibility index (Phi) is 4.57. The number of amides is 1. The Balaban J connectivity index is 1.77. The van der Waals surface area contributed by atoms with Crippen molar-refractivity contribution in [3.05, 3.63) is 71.3 Å². The van der Waals surface area contributed by atoms with E-state index in [2.05, 4.69) is 36.5 Å². The van der Waals surface area contributed by atoms with Crippen molar-refractivity contribution in [1.29, 1.82) is 0 Å². The fourth-order valence-corrected chi connectivity index (χ4v) is 3.43. The number of nitrogens with one attached hydrogen (secondary N) is 1. The molecule has 0 saturated heterocycles. The first-order valence-corrected chi connectivity index (χ1v) is 8.22. The maximum absolute atomic E-state index is 12.7. The fraction of sp³-hybridized carbons (Fsp3) is 0.350. The van der Waals surface area contributed by atoms with Gasteiger partial charge in [-0.2, -0.15) is 0 Å². The van der Waals surface area contributed by atoms with E-state index in [0.29, 0.717) is 0 Å². The topological polar surface area (TPSA) is 29.1 Å². The molecule has 0 fully saturated rings. The molecule has 0 radical (unpaired) electrons. The lowest BCUT2D eigenvalue weighted by atomic mass is 9.87. The zero-order valence-electron chi connectivity index (χ0n) is 13.1. The molecule has 0 unspecified atom stereocenters. The normalized spacial score (nSPS) is 18.3. The number of carbonyl (C=O) groups is 1. The van der Waals surface area contributed by atoms with Gasteiger partial charge in [0, 0.05) is 0 Å². The third-order valence-electron chi connectivity index (χ3n) is 4.61. The highest BCUT2D eigenvalue weighted by Gasteiger charge is 2.25. The minimum atomic E-state index is -0.0599. The molecule has 1 aliphatic carbocycles. The van der Waals surface area contributed by atoms with Gasteiger partial charge in [-0.1, -0.05) is 61.5 Å². The molecular weight excluding hydrogens is 270 g/mol. The molecule has 2 atom stereocenters. The van der Waals surface area contributed by atoms with Crippen molar-refractivity contribution in [3.8, 4) is 0 Å². The highest BCUT2D eigenvalue weighted by molar-refractivity contribution is 5.84. The summed E-state index contributed by atoms with van der Waals surface area (Å²) in [5.74, 6) is 0.0886. The molecule has 0 heterocycles. The molecule has 2 aromatic rings. The van der Waals surface area contributed by atoms with Crippen molar-refractivity contribution < 1.29 is 4.79 Å². The van der Waals surface area contributed by atoms with Crippen LogP contribution in [-0.2, 0) is 11.2 Å². The van der Waals surface area contributed by atoms with Crippen molar-refractivity contribution in [3.63, 3.8) is 0 Å². The van der Waals surface area contributed by atoms with Crippen LogP contribution in [0.3, 0.4) is 0 Å². The molecule has 0 saturated carbocycles. The summed E-state index contributed by atoms with van der Waals surface area (Å²) in [6.07, 6.45) is 4.13. The van der Waals surface area contributed by atoms with Gasteiger partial charge in [0.15, 0.2) is 0 Å². The molecule has 1 amide bonds. The van der Waals surface area contributed by atoms with Gasteiger partial charge >= 0.3 is 0 Å². The molecule has 114 valence electrons. The van der Waals surface area contributed by atoms with Gasteiger partial charge in [0.1, 0.15) is 0 Å². The van der Waals surface area contributed by atoms with Gasteiger partial charge in [0.25, 0.3) is 0 Å². The van der Waals surface area contributed by atoms with E-state index in [1.54, 1.807) is 0 Å². The van der Waals surface area contributed by atoms with Crippen LogP contribution in [0.4, 0.5) is 0 Å². The van der Waals surface area contributed by atoms with Gasteiger partial charge in [0.2, 0.25) is 5.91 Å². The average Bonchev–Trinajstić information content (AvgIpc) is 2.57. The monoisotopic (exact) mass is 293 g/mol. The summed E-state index contributed by atoms with van der Waals surface area (Å²) in [7, 11) is 0. The number of hydrogen-bond donors (Lipinski definition) is 1. The molecule has 0 spiro atoms. The summed E-state index contributed by atoms with van der Waals surface area (Å²) in [4.78, 5) is 12.7. The van der Waals surface area contributed by atoms with Crippen LogP contribution < -0.4 is 5.32 Å². The first-order valence-electron chi connectivity index (χ1n) is 8.22. The molecule has 0 bridgehead atoms. The third kappa shape index (κ3) is 3.06. The predicted octanol–water partition coefficient (Wildman–Crippen LogP) is 4.37. The number of aryl methyl sites for hydroxylation is 1. The van der Waals surface area contributed by atoms with Crippen molar-refractivity contribution in [2.45, 2.75) is 44.6 Å². The number of hydrogen-bond acceptors (Lipinski definition) is 1. The van der Waals surface area contributed by atoms with Crippen molar-refractivity contribution in [2.24, 2.45) is 0 Å². The summed E-state index contributed by atoms with van der Waals surface area (Å²) in [6.45, 7) is 2.08. The highest BCUT2D eigenvalue weighted by Crippen LogP contribution is 2.30. The summed E-state index contributed by atoms with van der Waals surface area (Å²) in [5.41, 5.74) is 3.78. The summed E-state index contributed by atoms with van der Waals surface area (Å²) in [6, 6.07) is 18.7. The van der Waals surface area contributed by atoms with E-state index in [4.69, 9.17) is 0 Å². The van der Waals surface area contributed by atoms with E-state index >= 15 is 0 Å². The van der Waals surface area contributed by atoms with Crippen LogP contribution in [0.5, 0.6) is 0 Å². The molecule has 2 aromatic carbocycles. The molecular formula is C20H23NO. The van der Waals surface area contributed by atoms with Crippen LogP contribution in [0.25, 0.3) is 0 Å². The first-order chi connectivity index (χ1) is 10.8. The standard InChI is InChI=1S/C20H23NO/c1-2-17(15-9-4-3-5-10-15)20(22)21-19-14-8-12-16-11-6-7-13-18(16)19/h3-7,9-11,13,17,19H,2,8,12,14H2,1H3,(H,21,22)/t17-,19+/m0/s1. The molecule has 3 rings (SSSR count). The molecule has 2 heteroatoms. The predicted molar refractivity (Wildman–Crippen MR) is 89.7 cm³/mol. The Morgan fingerprint density at radius 1 is 1.14 bits per heavy atom. The van der Waals surface area contributed by atoms with E-state index < -0.39 is 0 Å². The van der Waals surface area contributed by atoms with Crippen molar-refractivity contribution in [1.82, 2.24) is 5.32 Å². The molecule has 0 aromatic heterocycles. The second kappa shape index (κ2) is 6.78. The largest absolute Gasteiger partial charge is 0.349 e. The lowest BCUT2D eigenvalue weighted by molar-refractivity contribution is -0.123. The second-order valence-electron chi connectivity index (χ2n) is 6.02. The van der Waals surface area contributed by atoms with E-state index in [1.165, 1.54) is 11.1 Å². The zero-order valence-corrected chi connectivity index (χ0v) is 13.1. The van der Waals surface area contributed by atoms with Gasteiger partial charge in [0.05, 0.1) is 12.0 Å².